The predicted molar refractivity (Wildman–Crippen MR) is 78.4 cm³/mol. The van der Waals surface area contributed by atoms with Crippen LogP contribution < -0.4 is 15.4 Å². The van der Waals surface area contributed by atoms with Crippen molar-refractivity contribution in [2.75, 3.05) is 17.2 Å². The van der Waals surface area contributed by atoms with E-state index in [-0.39, 0.29) is 12.5 Å². The number of benzene rings is 1. The summed E-state index contributed by atoms with van der Waals surface area (Å²) in [4.78, 5) is 15.6. The van der Waals surface area contributed by atoms with Gasteiger partial charge >= 0.3 is 0 Å². The van der Waals surface area contributed by atoms with Gasteiger partial charge in [-0.3, -0.25) is 4.79 Å². The van der Waals surface area contributed by atoms with Gasteiger partial charge in [-0.2, -0.15) is 0 Å². The van der Waals surface area contributed by atoms with Gasteiger partial charge in [-0.1, -0.05) is 0 Å². The molecule has 4 rings (SSSR count). The first-order chi connectivity index (χ1) is 10.3. The monoisotopic (exact) mass is 284 g/mol. The van der Waals surface area contributed by atoms with Gasteiger partial charge in [0.15, 0.2) is 6.61 Å². The summed E-state index contributed by atoms with van der Waals surface area (Å²) in [5.74, 6) is 0.592. The van der Waals surface area contributed by atoms with Crippen molar-refractivity contribution in [1.82, 2.24) is 9.55 Å². The van der Waals surface area contributed by atoms with Crippen LogP contribution in [0.5, 0.6) is 5.75 Å². The number of carbonyl (C=O) groups excluding carboxylic acids is 1. The average molecular weight is 284 g/mol. The highest BCUT2D eigenvalue weighted by Crippen LogP contribution is 2.36. The van der Waals surface area contributed by atoms with E-state index >= 15 is 0 Å². The maximum absolute atomic E-state index is 11.3. The lowest BCUT2D eigenvalue weighted by atomic mass is 10.2. The molecule has 0 unspecified atom stereocenters. The molecule has 1 saturated carbocycles. The number of nitrogens with zero attached hydrogens (tertiary/aromatic N) is 2. The van der Waals surface area contributed by atoms with Crippen molar-refractivity contribution in [2.45, 2.75) is 25.4 Å². The third-order valence-electron chi connectivity index (χ3n) is 3.77. The Bertz CT molecular complexity index is 691. The first kappa shape index (κ1) is 12.3. The maximum Gasteiger partial charge on any atom is 0.262 e. The fourth-order valence-corrected chi connectivity index (χ4v) is 2.54. The van der Waals surface area contributed by atoms with E-state index in [1.165, 1.54) is 18.5 Å². The first-order valence-corrected chi connectivity index (χ1v) is 7.11. The second-order valence-corrected chi connectivity index (χ2v) is 5.42. The van der Waals surface area contributed by atoms with Gasteiger partial charge in [-0.25, -0.2) is 4.98 Å². The normalized spacial score (nSPS) is 16.9. The number of aromatic nitrogens is 2. The molecule has 1 aromatic carbocycles. The van der Waals surface area contributed by atoms with E-state index in [4.69, 9.17) is 4.74 Å². The summed E-state index contributed by atoms with van der Waals surface area (Å²) in [6, 6.07) is 6.34. The van der Waals surface area contributed by atoms with Crippen LogP contribution in [-0.2, 0) is 11.3 Å². The zero-order chi connectivity index (χ0) is 14.2. The fourth-order valence-electron chi connectivity index (χ4n) is 2.54. The molecule has 1 aliphatic heterocycles. The Morgan fingerprint density at radius 1 is 1.43 bits per heavy atom. The van der Waals surface area contributed by atoms with Crippen LogP contribution in [-0.4, -0.2) is 22.1 Å². The third kappa shape index (κ3) is 2.44. The predicted octanol–water partition coefficient (Wildman–Crippen LogP) is 2.16. The number of imidazole rings is 1. The van der Waals surface area contributed by atoms with E-state index in [9.17, 15) is 4.79 Å². The number of anilines is 2. The minimum Gasteiger partial charge on any atom is -0.482 e. The van der Waals surface area contributed by atoms with Crippen molar-refractivity contribution < 1.29 is 9.53 Å². The van der Waals surface area contributed by atoms with Crippen LogP contribution in [0.3, 0.4) is 0 Å². The quantitative estimate of drug-likeness (QED) is 0.902. The topological polar surface area (TPSA) is 68.2 Å². The summed E-state index contributed by atoms with van der Waals surface area (Å²) in [5.41, 5.74) is 2.84. The summed E-state index contributed by atoms with van der Waals surface area (Å²) < 4.78 is 7.58. The Balaban J connectivity index is 1.48. The van der Waals surface area contributed by atoms with Crippen molar-refractivity contribution in [3.05, 3.63) is 36.4 Å². The third-order valence-corrected chi connectivity index (χ3v) is 3.77. The molecule has 0 radical (unpaired) electrons. The lowest BCUT2D eigenvalue weighted by Gasteiger charge is -2.19. The summed E-state index contributed by atoms with van der Waals surface area (Å²) in [7, 11) is 0. The summed E-state index contributed by atoms with van der Waals surface area (Å²) >= 11 is 0. The molecule has 0 saturated heterocycles. The number of carbonyl (C=O) groups is 1. The maximum atomic E-state index is 11.3. The largest absolute Gasteiger partial charge is 0.482 e. The van der Waals surface area contributed by atoms with Gasteiger partial charge < -0.3 is 19.9 Å². The van der Waals surface area contributed by atoms with Crippen LogP contribution in [0.2, 0.25) is 0 Å². The molecule has 0 bridgehead atoms. The molecule has 2 aliphatic rings. The molecule has 6 heteroatoms. The lowest BCUT2D eigenvalue weighted by molar-refractivity contribution is -0.118. The number of nitrogens with one attached hydrogen (secondary N) is 2. The molecule has 108 valence electrons. The van der Waals surface area contributed by atoms with E-state index < -0.39 is 0 Å². The molecule has 21 heavy (non-hydrogen) atoms. The Morgan fingerprint density at radius 3 is 3.19 bits per heavy atom. The zero-order valence-electron chi connectivity index (χ0n) is 11.5. The second kappa shape index (κ2) is 4.80. The van der Waals surface area contributed by atoms with Gasteiger partial charge in [0.1, 0.15) is 5.75 Å². The number of rotatable bonds is 4. The van der Waals surface area contributed by atoms with Gasteiger partial charge in [0, 0.05) is 17.9 Å². The number of hydrogen-bond donors (Lipinski definition) is 2. The number of amides is 1. The van der Waals surface area contributed by atoms with Crippen molar-refractivity contribution >= 4 is 17.3 Å². The number of hydrogen-bond acceptors (Lipinski definition) is 4. The highest BCUT2D eigenvalue weighted by molar-refractivity contribution is 5.96. The van der Waals surface area contributed by atoms with E-state index in [0.717, 1.165) is 5.69 Å². The lowest BCUT2D eigenvalue weighted by Crippen LogP contribution is -2.25. The van der Waals surface area contributed by atoms with Crippen LogP contribution in [0.4, 0.5) is 11.4 Å². The summed E-state index contributed by atoms with van der Waals surface area (Å²) in [6.07, 6.45) is 6.28. The van der Waals surface area contributed by atoms with Crippen LogP contribution in [0.15, 0.2) is 30.7 Å². The summed E-state index contributed by atoms with van der Waals surface area (Å²) in [6.45, 7) is 0.796. The molecular formula is C15H16N4O2. The van der Waals surface area contributed by atoms with E-state index in [1.54, 1.807) is 0 Å². The van der Waals surface area contributed by atoms with Crippen LogP contribution >= 0.6 is 0 Å². The van der Waals surface area contributed by atoms with Crippen molar-refractivity contribution in [3.63, 3.8) is 0 Å². The molecule has 1 fully saturated rings. The standard InChI is InChI=1S/C15H16N4O2/c20-15-8-21-14-4-1-10(5-13(14)18-15)17-7-12-6-16-9-19(12)11-2-3-11/h1,4-6,9,11,17H,2-3,7-8H2,(H,18,20). The average Bonchev–Trinajstić information content (AvgIpc) is 3.23. The molecule has 1 aliphatic carbocycles. The molecule has 2 heterocycles. The van der Waals surface area contributed by atoms with Crippen LogP contribution in [0.1, 0.15) is 24.6 Å². The first-order valence-electron chi connectivity index (χ1n) is 7.11. The van der Waals surface area contributed by atoms with Crippen molar-refractivity contribution in [2.24, 2.45) is 0 Å². The Hall–Kier alpha value is -2.50. The number of ether oxygens (including phenoxy) is 1. The highest BCUT2D eigenvalue weighted by atomic mass is 16.5. The highest BCUT2D eigenvalue weighted by Gasteiger charge is 2.25. The van der Waals surface area contributed by atoms with Gasteiger partial charge in [-0.15, -0.1) is 0 Å². The van der Waals surface area contributed by atoms with E-state index in [1.807, 2.05) is 30.7 Å². The zero-order valence-corrected chi connectivity index (χ0v) is 11.5. The Kier molecular flexibility index (Phi) is 2.80. The molecule has 2 aromatic rings. The summed E-state index contributed by atoms with van der Waals surface area (Å²) in [5, 5.41) is 6.18. The molecular weight excluding hydrogens is 268 g/mol. The molecule has 1 amide bonds. The SMILES string of the molecule is O=C1COc2ccc(NCc3cncn3C3CC3)cc2N1. The molecule has 0 atom stereocenters. The van der Waals surface area contributed by atoms with Crippen molar-refractivity contribution in [3.8, 4) is 5.75 Å². The smallest absolute Gasteiger partial charge is 0.262 e. The second-order valence-electron chi connectivity index (χ2n) is 5.42. The Labute approximate surface area is 122 Å². The van der Waals surface area contributed by atoms with Gasteiger partial charge in [0.25, 0.3) is 5.91 Å². The Morgan fingerprint density at radius 2 is 2.33 bits per heavy atom. The van der Waals surface area contributed by atoms with Crippen LogP contribution in [0, 0.1) is 0 Å². The molecule has 1 aromatic heterocycles. The van der Waals surface area contributed by atoms with E-state index in [0.29, 0.717) is 24.0 Å². The van der Waals surface area contributed by atoms with Gasteiger partial charge in [0.2, 0.25) is 0 Å². The molecule has 0 spiro atoms. The fraction of sp³-hybridized carbons (Fsp3) is 0.333. The minimum atomic E-state index is -0.119. The molecule has 6 nitrogen and oxygen atoms in total. The van der Waals surface area contributed by atoms with Gasteiger partial charge in [-0.05, 0) is 31.0 Å². The molecule has 2 N–H and O–H groups in total. The number of fused-ring (bicyclic) bond motifs is 1. The van der Waals surface area contributed by atoms with Crippen LogP contribution in [0.25, 0.3) is 0 Å². The minimum absolute atomic E-state index is 0.0837. The van der Waals surface area contributed by atoms with E-state index in [2.05, 4.69) is 20.2 Å². The van der Waals surface area contributed by atoms with Crippen molar-refractivity contribution in [1.29, 1.82) is 0 Å². The van der Waals surface area contributed by atoms with Gasteiger partial charge in [0.05, 0.1) is 24.3 Å².